The van der Waals surface area contributed by atoms with Gasteiger partial charge in [0.25, 0.3) is 0 Å². The lowest BCUT2D eigenvalue weighted by molar-refractivity contribution is 0.391. The van der Waals surface area contributed by atoms with Gasteiger partial charge in [0.1, 0.15) is 0 Å². The summed E-state index contributed by atoms with van der Waals surface area (Å²) in [6.45, 7) is 6.28. The van der Waals surface area contributed by atoms with Gasteiger partial charge < -0.3 is 10.6 Å². The second-order valence-corrected chi connectivity index (χ2v) is 6.04. The molecule has 1 aromatic heterocycles. The number of para-hydroxylation sites is 1. The molecular formula is C17H23N3. The number of fused-ring (bicyclic) bond motifs is 1. The highest BCUT2D eigenvalue weighted by Crippen LogP contribution is 2.33. The molecule has 1 fully saturated rings. The number of aromatic nitrogens is 1. The van der Waals surface area contributed by atoms with E-state index in [0.29, 0.717) is 12.6 Å². The van der Waals surface area contributed by atoms with Gasteiger partial charge in [0.05, 0.1) is 11.2 Å². The molecule has 3 rings (SSSR count). The largest absolute Gasteiger partial charge is 0.368 e. The molecule has 1 aliphatic rings. The van der Waals surface area contributed by atoms with Gasteiger partial charge in [0.2, 0.25) is 0 Å². The molecule has 2 aromatic rings. The zero-order chi connectivity index (χ0) is 14.1. The Morgan fingerprint density at radius 1 is 1.25 bits per heavy atom. The van der Waals surface area contributed by atoms with Crippen molar-refractivity contribution in [1.29, 1.82) is 0 Å². The molecule has 2 unspecified atom stereocenters. The average Bonchev–Trinajstić information content (AvgIpc) is 2.48. The summed E-state index contributed by atoms with van der Waals surface area (Å²) in [5.41, 5.74) is 9.15. The maximum Gasteiger partial charge on any atom is 0.0726 e. The lowest BCUT2D eigenvalue weighted by Gasteiger charge is -2.39. The fraction of sp³-hybridized carbons (Fsp3) is 0.471. The molecule has 3 nitrogen and oxygen atoms in total. The van der Waals surface area contributed by atoms with E-state index < -0.39 is 0 Å². The molecule has 0 radical (unpaired) electrons. The Balaban J connectivity index is 2.13. The molecule has 2 heterocycles. The minimum Gasteiger partial charge on any atom is -0.368 e. The van der Waals surface area contributed by atoms with Crippen molar-refractivity contribution in [1.82, 2.24) is 4.98 Å². The minimum atomic E-state index is 0.496. The maximum atomic E-state index is 5.82. The van der Waals surface area contributed by atoms with Gasteiger partial charge in [-0.3, -0.25) is 4.98 Å². The number of anilines is 1. The summed E-state index contributed by atoms with van der Waals surface area (Å²) in [5.74, 6) is 0.749. The van der Waals surface area contributed by atoms with Crippen LogP contribution in [-0.4, -0.2) is 17.6 Å². The van der Waals surface area contributed by atoms with Gasteiger partial charge in [-0.25, -0.2) is 0 Å². The Bertz CT molecular complexity index is 608. The van der Waals surface area contributed by atoms with Crippen molar-refractivity contribution in [3.8, 4) is 0 Å². The Kier molecular flexibility index (Phi) is 3.62. The number of nitrogens with two attached hydrogens (primary N) is 1. The second-order valence-electron chi connectivity index (χ2n) is 6.04. The summed E-state index contributed by atoms with van der Waals surface area (Å²) in [6.07, 6.45) is 2.58. The summed E-state index contributed by atoms with van der Waals surface area (Å²) in [6, 6.07) is 11.1. The number of benzene rings is 1. The number of hydrogen-bond donors (Lipinski definition) is 1. The summed E-state index contributed by atoms with van der Waals surface area (Å²) in [5, 5.41) is 1.24. The van der Waals surface area contributed by atoms with Crippen LogP contribution in [0, 0.1) is 5.92 Å². The van der Waals surface area contributed by atoms with Crippen LogP contribution in [0.5, 0.6) is 0 Å². The highest BCUT2D eigenvalue weighted by atomic mass is 15.2. The van der Waals surface area contributed by atoms with E-state index in [1.165, 1.54) is 23.9 Å². The van der Waals surface area contributed by atoms with Crippen LogP contribution in [0.15, 0.2) is 30.3 Å². The number of piperidine rings is 1. The number of hydrogen-bond acceptors (Lipinski definition) is 3. The Morgan fingerprint density at radius 3 is 2.85 bits per heavy atom. The highest BCUT2D eigenvalue weighted by molar-refractivity contribution is 5.92. The van der Waals surface area contributed by atoms with Crippen molar-refractivity contribution in [3.05, 3.63) is 36.0 Å². The molecule has 0 aliphatic carbocycles. The molecule has 0 saturated carbocycles. The van der Waals surface area contributed by atoms with Gasteiger partial charge in [-0.05, 0) is 37.8 Å². The van der Waals surface area contributed by atoms with E-state index >= 15 is 0 Å². The molecule has 0 bridgehead atoms. The molecule has 1 saturated heterocycles. The highest BCUT2D eigenvalue weighted by Gasteiger charge is 2.24. The average molecular weight is 269 g/mol. The molecular weight excluding hydrogens is 246 g/mol. The van der Waals surface area contributed by atoms with Crippen molar-refractivity contribution in [2.45, 2.75) is 39.3 Å². The fourth-order valence-electron chi connectivity index (χ4n) is 3.18. The topological polar surface area (TPSA) is 42.1 Å². The van der Waals surface area contributed by atoms with E-state index in [0.717, 1.165) is 23.7 Å². The predicted octanol–water partition coefficient (Wildman–Crippen LogP) is 3.32. The quantitative estimate of drug-likeness (QED) is 0.909. The van der Waals surface area contributed by atoms with Crippen molar-refractivity contribution >= 4 is 16.6 Å². The standard InChI is InChI=1S/C17H23N3/c1-12-7-8-13(2)20(11-12)17-9-14(10-18)19-16-6-4-3-5-15(16)17/h3-6,9,12-13H,7-8,10-11,18H2,1-2H3. The summed E-state index contributed by atoms with van der Waals surface area (Å²) in [4.78, 5) is 7.18. The molecule has 20 heavy (non-hydrogen) atoms. The van der Waals surface area contributed by atoms with Crippen LogP contribution in [0.2, 0.25) is 0 Å². The smallest absolute Gasteiger partial charge is 0.0726 e. The van der Waals surface area contributed by atoms with Crippen LogP contribution in [0.25, 0.3) is 10.9 Å². The van der Waals surface area contributed by atoms with Crippen molar-refractivity contribution in [2.75, 3.05) is 11.4 Å². The minimum absolute atomic E-state index is 0.496. The predicted molar refractivity (Wildman–Crippen MR) is 84.8 cm³/mol. The van der Waals surface area contributed by atoms with E-state index in [4.69, 9.17) is 5.73 Å². The molecule has 0 amide bonds. The second kappa shape index (κ2) is 5.41. The lowest BCUT2D eigenvalue weighted by atomic mass is 9.94. The van der Waals surface area contributed by atoms with Crippen molar-refractivity contribution < 1.29 is 0 Å². The molecule has 1 aromatic carbocycles. The molecule has 106 valence electrons. The maximum absolute atomic E-state index is 5.82. The van der Waals surface area contributed by atoms with Gasteiger partial charge in [-0.15, -0.1) is 0 Å². The lowest BCUT2D eigenvalue weighted by Crippen LogP contribution is -2.41. The molecule has 0 spiro atoms. The van der Waals surface area contributed by atoms with Gasteiger partial charge in [0.15, 0.2) is 0 Å². The number of pyridine rings is 1. The van der Waals surface area contributed by atoms with E-state index in [-0.39, 0.29) is 0 Å². The molecule has 2 N–H and O–H groups in total. The third kappa shape index (κ3) is 2.38. The van der Waals surface area contributed by atoms with Gasteiger partial charge in [-0.2, -0.15) is 0 Å². The zero-order valence-electron chi connectivity index (χ0n) is 12.3. The molecule has 2 atom stereocenters. The van der Waals surface area contributed by atoms with E-state index in [2.05, 4.69) is 48.0 Å². The van der Waals surface area contributed by atoms with Crippen LogP contribution in [0.3, 0.4) is 0 Å². The first kappa shape index (κ1) is 13.4. The van der Waals surface area contributed by atoms with Crippen LogP contribution in [0.4, 0.5) is 5.69 Å². The van der Waals surface area contributed by atoms with Crippen molar-refractivity contribution in [2.24, 2.45) is 11.7 Å². The number of nitrogens with zero attached hydrogens (tertiary/aromatic N) is 2. The van der Waals surface area contributed by atoms with Crippen LogP contribution >= 0.6 is 0 Å². The monoisotopic (exact) mass is 269 g/mol. The normalized spacial score (nSPS) is 23.2. The Labute approximate surface area is 120 Å². The van der Waals surface area contributed by atoms with E-state index in [1.807, 2.05) is 6.07 Å². The van der Waals surface area contributed by atoms with Gasteiger partial charge in [-0.1, -0.05) is 25.1 Å². The summed E-state index contributed by atoms with van der Waals surface area (Å²) < 4.78 is 0. The first-order valence-corrected chi connectivity index (χ1v) is 7.54. The Morgan fingerprint density at radius 2 is 2.05 bits per heavy atom. The van der Waals surface area contributed by atoms with Crippen LogP contribution in [0.1, 0.15) is 32.4 Å². The Hall–Kier alpha value is -1.61. The first-order valence-electron chi connectivity index (χ1n) is 7.54. The van der Waals surface area contributed by atoms with Gasteiger partial charge in [0, 0.05) is 30.2 Å². The third-order valence-electron chi connectivity index (χ3n) is 4.38. The van der Waals surface area contributed by atoms with Crippen molar-refractivity contribution in [3.63, 3.8) is 0 Å². The van der Waals surface area contributed by atoms with Crippen LogP contribution in [-0.2, 0) is 6.54 Å². The van der Waals surface area contributed by atoms with Gasteiger partial charge >= 0.3 is 0 Å². The summed E-state index contributed by atoms with van der Waals surface area (Å²) >= 11 is 0. The fourth-order valence-corrected chi connectivity index (χ4v) is 3.18. The van der Waals surface area contributed by atoms with E-state index in [1.54, 1.807) is 0 Å². The summed E-state index contributed by atoms with van der Waals surface area (Å²) in [7, 11) is 0. The first-order chi connectivity index (χ1) is 9.69. The third-order valence-corrected chi connectivity index (χ3v) is 4.38. The zero-order valence-corrected chi connectivity index (χ0v) is 12.3. The number of rotatable bonds is 2. The SMILES string of the molecule is CC1CCC(C)N(c2cc(CN)nc3ccccc23)C1. The van der Waals surface area contributed by atoms with E-state index in [9.17, 15) is 0 Å². The molecule has 1 aliphatic heterocycles. The van der Waals surface area contributed by atoms with Crippen LogP contribution < -0.4 is 10.6 Å². The molecule has 3 heteroatoms.